The molecule has 1 rings (SSSR count). The van der Waals surface area contributed by atoms with E-state index in [-0.39, 0.29) is 18.7 Å². The van der Waals surface area contributed by atoms with Gasteiger partial charge in [0.25, 0.3) is 6.43 Å². The van der Waals surface area contributed by atoms with E-state index in [9.17, 15) is 13.6 Å². The number of amides is 1. The fraction of sp³-hybridized carbons (Fsp3) is 0.533. The quantitative estimate of drug-likeness (QED) is 0.482. The van der Waals surface area contributed by atoms with E-state index < -0.39 is 12.5 Å². The Bertz CT molecular complexity index is 441. The predicted octanol–water partition coefficient (Wildman–Crippen LogP) is 2.08. The van der Waals surface area contributed by atoms with E-state index in [0.29, 0.717) is 31.5 Å². The molecule has 6 heteroatoms. The zero-order valence-electron chi connectivity index (χ0n) is 12.0. The van der Waals surface area contributed by atoms with E-state index in [4.69, 9.17) is 11.5 Å². The molecule has 0 aliphatic carbocycles. The van der Waals surface area contributed by atoms with Crippen molar-refractivity contribution < 1.29 is 13.6 Å². The lowest BCUT2D eigenvalue weighted by atomic mass is 10.1. The molecule has 0 bridgehead atoms. The number of aryl methyl sites for hydroxylation is 1. The number of anilines is 1. The maximum absolute atomic E-state index is 12.8. The third kappa shape index (κ3) is 6.53. The average Bonchev–Trinajstić information content (AvgIpc) is 2.45. The lowest BCUT2D eigenvalue weighted by Crippen LogP contribution is -2.40. The number of alkyl halides is 2. The van der Waals surface area contributed by atoms with Crippen LogP contribution in [0.2, 0.25) is 0 Å². The highest BCUT2D eigenvalue weighted by Crippen LogP contribution is 2.13. The Morgan fingerprint density at radius 3 is 2.57 bits per heavy atom. The molecule has 0 saturated heterocycles. The third-order valence-electron chi connectivity index (χ3n) is 3.30. The lowest BCUT2D eigenvalue weighted by Gasteiger charge is -2.18. The van der Waals surface area contributed by atoms with Gasteiger partial charge in [0.1, 0.15) is 0 Å². The number of carbonyl (C=O) groups excluding carboxylic acids is 1. The van der Waals surface area contributed by atoms with Crippen LogP contribution < -0.4 is 16.8 Å². The molecule has 0 radical (unpaired) electrons. The SMILES string of the molecule is NCCCCC(NC(=O)CCc1ccccc1N)C(F)F. The zero-order valence-corrected chi connectivity index (χ0v) is 12.0. The number of nitrogens with two attached hydrogens (primary N) is 2. The van der Waals surface area contributed by atoms with Crippen LogP contribution in [-0.2, 0) is 11.2 Å². The van der Waals surface area contributed by atoms with Crippen LogP contribution in [0.4, 0.5) is 14.5 Å². The van der Waals surface area contributed by atoms with E-state index in [1.807, 2.05) is 18.2 Å². The summed E-state index contributed by atoms with van der Waals surface area (Å²) >= 11 is 0. The van der Waals surface area contributed by atoms with Crippen LogP contribution in [0.1, 0.15) is 31.2 Å². The topological polar surface area (TPSA) is 81.1 Å². The monoisotopic (exact) mass is 299 g/mol. The molecule has 21 heavy (non-hydrogen) atoms. The van der Waals surface area contributed by atoms with Crippen LogP contribution in [0.5, 0.6) is 0 Å². The number of unbranched alkanes of at least 4 members (excludes halogenated alkanes) is 1. The van der Waals surface area contributed by atoms with Crippen molar-refractivity contribution >= 4 is 11.6 Å². The van der Waals surface area contributed by atoms with Crippen molar-refractivity contribution in [2.75, 3.05) is 12.3 Å². The van der Waals surface area contributed by atoms with Crippen LogP contribution in [0.25, 0.3) is 0 Å². The number of benzene rings is 1. The number of carbonyl (C=O) groups is 1. The summed E-state index contributed by atoms with van der Waals surface area (Å²) < 4.78 is 25.7. The minimum Gasteiger partial charge on any atom is -0.399 e. The summed E-state index contributed by atoms with van der Waals surface area (Å²) in [5.41, 5.74) is 12.6. The van der Waals surface area contributed by atoms with Crippen molar-refractivity contribution in [3.8, 4) is 0 Å². The summed E-state index contributed by atoms with van der Waals surface area (Å²) in [5, 5.41) is 2.39. The van der Waals surface area contributed by atoms with Crippen LogP contribution in [0.15, 0.2) is 24.3 Å². The molecule has 1 aromatic rings. The maximum atomic E-state index is 12.8. The number of halogens is 2. The van der Waals surface area contributed by atoms with Gasteiger partial charge in [0.15, 0.2) is 0 Å². The van der Waals surface area contributed by atoms with Gasteiger partial charge in [0.2, 0.25) is 5.91 Å². The molecule has 0 heterocycles. The molecular formula is C15H23F2N3O. The molecular weight excluding hydrogens is 276 g/mol. The van der Waals surface area contributed by atoms with Gasteiger partial charge in [-0.05, 0) is 43.9 Å². The predicted molar refractivity (Wildman–Crippen MR) is 80.0 cm³/mol. The number of hydrogen-bond acceptors (Lipinski definition) is 3. The highest BCUT2D eigenvalue weighted by Gasteiger charge is 2.21. The van der Waals surface area contributed by atoms with Crippen molar-refractivity contribution in [1.82, 2.24) is 5.32 Å². The minimum absolute atomic E-state index is 0.147. The van der Waals surface area contributed by atoms with Gasteiger partial charge in [-0.2, -0.15) is 0 Å². The van der Waals surface area contributed by atoms with E-state index in [2.05, 4.69) is 5.32 Å². The number of nitrogens with one attached hydrogen (secondary N) is 1. The lowest BCUT2D eigenvalue weighted by molar-refractivity contribution is -0.123. The first kappa shape index (κ1) is 17.4. The van der Waals surface area contributed by atoms with Gasteiger partial charge >= 0.3 is 0 Å². The first-order chi connectivity index (χ1) is 10.0. The van der Waals surface area contributed by atoms with E-state index in [1.54, 1.807) is 6.07 Å². The highest BCUT2D eigenvalue weighted by atomic mass is 19.3. The normalized spacial score (nSPS) is 12.4. The van der Waals surface area contributed by atoms with E-state index in [1.165, 1.54) is 0 Å². The fourth-order valence-electron chi connectivity index (χ4n) is 2.06. The minimum atomic E-state index is -2.56. The van der Waals surface area contributed by atoms with Crippen LogP contribution in [0, 0.1) is 0 Å². The molecule has 0 aliphatic heterocycles. The third-order valence-corrected chi connectivity index (χ3v) is 3.30. The highest BCUT2D eigenvalue weighted by molar-refractivity contribution is 5.76. The molecule has 1 amide bonds. The van der Waals surface area contributed by atoms with Gasteiger partial charge in [0, 0.05) is 12.1 Å². The van der Waals surface area contributed by atoms with Crippen LogP contribution >= 0.6 is 0 Å². The first-order valence-electron chi connectivity index (χ1n) is 7.15. The second-order valence-corrected chi connectivity index (χ2v) is 4.99. The Kier molecular flexibility index (Phi) is 7.68. The summed E-state index contributed by atoms with van der Waals surface area (Å²) in [6, 6.07) is 6.12. The van der Waals surface area contributed by atoms with Crippen molar-refractivity contribution in [3.05, 3.63) is 29.8 Å². The Hall–Kier alpha value is -1.69. The standard InChI is InChI=1S/C15H23F2N3O/c16-15(17)13(7-3-4-10-18)20-14(21)9-8-11-5-1-2-6-12(11)19/h1-2,5-6,13,15H,3-4,7-10,18-19H2,(H,20,21). The van der Waals surface area contributed by atoms with Crippen LogP contribution in [0.3, 0.4) is 0 Å². The molecule has 4 nitrogen and oxygen atoms in total. The van der Waals surface area contributed by atoms with E-state index >= 15 is 0 Å². The van der Waals surface area contributed by atoms with Gasteiger partial charge in [0.05, 0.1) is 6.04 Å². The molecule has 5 N–H and O–H groups in total. The Labute approximate surface area is 123 Å². The van der Waals surface area contributed by atoms with Crippen molar-refractivity contribution in [2.45, 2.75) is 44.6 Å². The molecule has 0 aromatic heterocycles. The molecule has 0 aliphatic rings. The van der Waals surface area contributed by atoms with Crippen molar-refractivity contribution in [2.24, 2.45) is 5.73 Å². The average molecular weight is 299 g/mol. The molecule has 0 fully saturated rings. The first-order valence-corrected chi connectivity index (χ1v) is 7.15. The Balaban J connectivity index is 2.41. The summed E-state index contributed by atoms with van der Waals surface area (Å²) in [5.74, 6) is -0.378. The second-order valence-electron chi connectivity index (χ2n) is 4.99. The number of hydrogen-bond donors (Lipinski definition) is 3. The van der Waals surface area contributed by atoms with Gasteiger partial charge in [-0.3, -0.25) is 4.79 Å². The summed E-state index contributed by atoms with van der Waals surface area (Å²) in [4.78, 5) is 11.8. The van der Waals surface area contributed by atoms with Crippen LogP contribution in [-0.4, -0.2) is 24.9 Å². The molecule has 1 aromatic carbocycles. The second kappa shape index (κ2) is 9.28. The van der Waals surface area contributed by atoms with Gasteiger partial charge < -0.3 is 16.8 Å². The van der Waals surface area contributed by atoms with Crippen molar-refractivity contribution in [3.63, 3.8) is 0 Å². The summed E-state index contributed by atoms with van der Waals surface area (Å²) in [6.07, 6.45) is -0.468. The molecule has 1 atom stereocenters. The molecule has 0 saturated carbocycles. The van der Waals surface area contributed by atoms with Gasteiger partial charge in [-0.25, -0.2) is 8.78 Å². The maximum Gasteiger partial charge on any atom is 0.258 e. The fourth-order valence-corrected chi connectivity index (χ4v) is 2.06. The largest absolute Gasteiger partial charge is 0.399 e. The van der Waals surface area contributed by atoms with E-state index in [0.717, 1.165) is 5.56 Å². The number of rotatable bonds is 9. The van der Waals surface area contributed by atoms with Gasteiger partial charge in [-0.15, -0.1) is 0 Å². The smallest absolute Gasteiger partial charge is 0.258 e. The Morgan fingerprint density at radius 2 is 1.95 bits per heavy atom. The van der Waals surface area contributed by atoms with Crippen molar-refractivity contribution in [1.29, 1.82) is 0 Å². The van der Waals surface area contributed by atoms with Gasteiger partial charge in [-0.1, -0.05) is 18.2 Å². The number of para-hydroxylation sites is 1. The Morgan fingerprint density at radius 1 is 1.24 bits per heavy atom. The molecule has 1 unspecified atom stereocenters. The molecule has 118 valence electrons. The summed E-state index contributed by atoms with van der Waals surface area (Å²) in [6.45, 7) is 0.469. The zero-order chi connectivity index (χ0) is 15.7. The summed E-state index contributed by atoms with van der Waals surface area (Å²) in [7, 11) is 0. The number of nitrogen functional groups attached to an aromatic ring is 1. The molecule has 0 spiro atoms.